The van der Waals surface area contributed by atoms with E-state index in [-0.39, 0.29) is 11.9 Å². The maximum Gasteiger partial charge on any atom is 0.168 e. The summed E-state index contributed by atoms with van der Waals surface area (Å²) < 4.78 is 19.2. The fourth-order valence-corrected chi connectivity index (χ4v) is 3.89. The topological polar surface area (TPSA) is 47.3 Å². The second-order valence-corrected chi connectivity index (χ2v) is 5.75. The first-order chi connectivity index (χ1) is 9.26. The summed E-state index contributed by atoms with van der Waals surface area (Å²) >= 11 is 0. The van der Waals surface area contributed by atoms with Crippen molar-refractivity contribution < 1.29 is 9.13 Å². The largest absolute Gasteiger partial charge is 0.494 e. The Bertz CT molecular complexity index is 455. The SMILES string of the molecule is COc1cccc(CC(NN)C2C3CCCC32)c1F. The van der Waals surface area contributed by atoms with Crippen molar-refractivity contribution in [3.8, 4) is 5.75 Å². The molecular formula is C15H21FN2O. The number of halogens is 1. The Labute approximate surface area is 113 Å². The fourth-order valence-electron chi connectivity index (χ4n) is 3.89. The molecule has 0 radical (unpaired) electrons. The minimum Gasteiger partial charge on any atom is -0.494 e. The highest BCUT2D eigenvalue weighted by Gasteiger charge is 2.55. The summed E-state index contributed by atoms with van der Waals surface area (Å²) in [7, 11) is 1.49. The van der Waals surface area contributed by atoms with E-state index in [2.05, 4.69) is 5.43 Å². The number of benzene rings is 1. The zero-order valence-electron chi connectivity index (χ0n) is 11.2. The van der Waals surface area contributed by atoms with Crippen LogP contribution >= 0.6 is 0 Å². The van der Waals surface area contributed by atoms with Gasteiger partial charge in [0.25, 0.3) is 0 Å². The van der Waals surface area contributed by atoms with E-state index in [0.717, 1.165) is 11.8 Å². The second-order valence-electron chi connectivity index (χ2n) is 5.75. The summed E-state index contributed by atoms with van der Waals surface area (Å²) in [4.78, 5) is 0. The predicted molar refractivity (Wildman–Crippen MR) is 72.1 cm³/mol. The summed E-state index contributed by atoms with van der Waals surface area (Å²) in [6, 6.07) is 5.48. The molecule has 3 unspecified atom stereocenters. The lowest BCUT2D eigenvalue weighted by molar-refractivity contribution is 0.375. The Morgan fingerprint density at radius 3 is 2.79 bits per heavy atom. The van der Waals surface area contributed by atoms with Gasteiger partial charge in [-0.2, -0.15) is 0 Å². The van der Waals surface area contributed by atoms with Crippen LogP contribution in [0.2, 0.25) is 0 Å². The number of hydrogen-bond donors (Lipinski definition) is 2. The van der Waals surface area contributed by atoms with Gasteiger partial charge in [-0.1, -0.05) is 18.6 Å². The third-order valence-corrected chi connectivity index (χ3v) is 4.85. The summed E-state index contributed by atoms with van der Waals surface area (Å²) in [6.07, 6.45) is 4.61. The average molecular weight is 264 g/mol. The third kappa shape index (κ3) is 2.23. The van der Waals surface area contributed by atoms with E-state index < -0.39 is 0 Å². The molecule has 2 aliphatic rings. The number of hydrazine groups is 1. The Morgan fingerprint density at radius 1 is 1.42 bits per heavy atom. The molecular weight excluding hydrogens is 243 g/mol. The number of hydrogen-bond acceptors (Lipinski definition) is 3. The van der Waals surface area contributed by atoms with Crippen molar-refractivity contribution in [3.63, 3.8) is 0 Å². The van der Waals surface area contributed by atoms with Crippen LogP contribution in [0.15, 0.2) is 18.2 Å². The van der Waals surface area contributed by atoms with Crippen molar-refractivity contribution >= 4 is 0 Å². The smallest absolute Gasteiger partial charge is 0.168 e. The van der Waals surface area contributed by atoms with Crippen molar-refractivity contribution in [1.29, 1.82) is 0 Å². The van der Waals surface area contributed by atoms with Crippen LogP contribution in [0.1, 0.15) is 24.8 Å². The molecule has 2 fully saturated rings. The zero-order chi connectivity index (χ0) is 13.4. The van der Waals surface area contributed by atoms with E-state index in [1.807, 2.05) is 12.1 Å². The van der Waals surface area contributed by atoms with Crippen LogP contribution in [0.4, 0.5) is 4.39 Å². The van der Waals surface area contributed by atoms with Crippen LogP contribution in [0.5, 0.6) is 5.75 Å². The number of ether oxygens (including phenoxy) is 1. The lowest BCUT2D eigenvalue weighted by Crippen LogP contribution is -2.39. The molecule has 3 N–H and O–H groups in total. The van der Waals surface area contributed by atoms with Crippen LogP contribution in [-0.2, 0) is 6.42 Å². The van der Waals surface area contributed by atoms with E-state index in [0.29, 0.717) is 23.7 Å². The van der Waals surface area contributed by atoms with Crippen molar-refractivity contribution in [3.05, 3.63) is 29.6 Å². The highest BCUT2D eigenvalue weighted by atomic mass is 19.1. The Balaban J connectivity index is 1.73. The summed E-state index contributed by atoms with van der Waals surface area (Å²) in [5.74, 6) is 8.00. The molecule has 3 atom stereocenters. The van der Waals surface area contributed by atoms with Gasteiger partial charge in [0.1, 0.15) is 0 Å². The normalized spacial score (nSPS) is 29.9. The number of rotatable bonds is 5. The van der Waals surface area contributed by atoms with Gasteiger partial charge in [-0.05, 0) is 48.6 Å². The molecule has 4 heteroatoms. The molecule has 2 saturated carbocycles. The van der Waals surface area contributed by atoms with Gasteiger partial charge in [-0.25, -0.2) is 4.39 Å². The van der Waals surface area contributed by atoms with Gasteiger partial charge in [-0.15, -0.1) is 0 Å². The first-order valence-corrected chi connectivity index (χ1v) is 7.03. The Hall–Kier alpha value is -1.13. The molecule has 104 valence electrons. The standard InChI is InChI=1S/C15H21FN2O/c1-19-13-7-2-4-9(15(13)16)8-12(18-17)14-10-5-3-6-11(10)14/h2,4,7,10-12,14,18H,3,5-6,8,17H2,1H3. The molecule has 19 heavy (non-hydrogen) atoms. The van der Waals surface area contributed by atoms with E-state index >= 15 is 0 Å². The van der Waals surface area contributed by atoms with Crippen LogP contribution in [0, 0.1) is 23.6 Å². The number of methoxy groups -OCH3 is 1. The van der Waals surface area contributed by atoms with Crippen LogP contribution in [0.25, 0.3) is 0 Å². The van der Waals surface area contributed by atoms with Gasteiger partial charge in [0.05, 0.1) is 7.11 Å². The average Bonchev–Trinajstić information content (AvgIpc) is 2.90. The first-order valence-electron chi connectivity index (χ1n) is 7.03. The molecule has 3 nitrogen and oxygen atoms in total. The summed E-state index contributed by atoms with van der Waals surface area (Å²) in [6.45, 7) is 0. The molecule has 0 amide bonds. The van der Waals surface area contributed by atoms with E-state index in [9.17, 15) is 4.39 Å². The number of nitrogens with two attached hydrogens (primary N) is 1. The molecule has 0 aliphatic heterocycles. The molecule has 1 aromatic rings. The van der Waals surface area contributed by atoms with Gasteiger partial charge >= 0.3 is 0 Å². The lowest BCUT2D eigenvalue weighted by Gasteiger charge is -2.18. The van der Waals surface area contributed by atoms with Crippen LogP contribution < -0.4 is 16.0 Å². The molecule has 3 rings (SSSR count). The number of fused-ring (bicyclic) bond motifs is 1. The molecule has 0 aromatic heterocycles. The minimum absolute atomic E-state index is 0.178. The Kier molecular flexibility index (Phi) is 3.46. The molecule has 1 aromatic carbocycles. The van der Waals surface area contributed by atoms with E-state index in [1.165, 1.54) is 26.4 Å². The van der Waals surface area contributed by atoms with Gasteiger partial charge < -0.3 is 4.74 Å². The van der Waals surface area contributed by atoms with Crippen molar-refractivity contribution in [2.45, 2.75) is 31.7 Å². The van der Waals surface area contributed by atoms with E-state index in [4.69, 9.17) is 10.6 Å². The highest BCUT2D eigenvalue weighted by Crippen LogP contribution is 2.59. The third-order valence-electron chi connectivity index (χ3n) is 4.85. The minimum atomic E-state index is -0.254. The molecule has 2 aliphatic carbocycles. The maximum absolute atomic E-state index is 14.1. The van der Waals surface area contributed by atoms with Gasteiger partial charge in [-0.3, -0.25) is 11.3 Å². The van der Waals surface area contributed by atoms with Gasteiger partial charge in [0.2, 0.25) is 0 Å². The Morgan fingerprint density at radius 2 is 2.16 bits per heavy atom. The van der Waals surface area contributed by atoms with Gasteiger partial charge in [0.15, 0.2) is 11.6 Å². The molecule has 0 spiro atoms. The van der Waals surface area contributed by atoms with Crippen LogP contribution in [0.3, 0.4) is 0 Å². The maximum atomic E-state index is 14.1. The lowest BCUT2D eigenvalue weighted by atomic mass is 9.97. The molecule has 0 saturated heterocycles. The van der Waals surface area contributed by atoms with Crippen LogP contribution in [-0.4, -0.2) is 13.2 Å². The molecule has 0 heterocycles. The zero-order valence-corrected chi connectivity index (χ0v) is 11.2. The monoisotopic (exact) mass is 264 g/mol. The van der Waals surface area contributed by atoms with Crippen molar-refractivity contribution in [1.82, 2.24) is 5.43 Å². The summed E-state index contributed by atoms with van der Waals surface area (Å²) in [5.41, 5.74) is 3.59. The first kappa shape index (κ1) is 12.9. The fraction of sp³-hybridized carbons (Fsp3) is 0.600. The van der Waals surface area contributed by atoms with Crippen molar-refractivity contribution in [2.24, 2.45) is 23.6 Å². The van der Waals surface area contributed by atoms with E-state index in [1.54, 1.807) is 6.07 Å². The molecule has 0 bridgehead atoms. The van der Waals surface area contributed by atoms with Gasteiger partial charge in [0, 0.05) is 6.04 Å². The quantitative estimate of drug-likeness (QED) is 0.633. The second kappa shape index (κ2) is 5.10. The van der Waals surface area contributed by atoms with Crippen molar-refractivity contribution in [2.75, 3.05) is 7.11 Å². The summed E-state index contributed by atoms with van der Waals surface area (Å²) in [5, 5.41) is 0. The highest BCUT2D eigenvalue weighted by molar-refractivity contribution is 5.32. The number of nitrogens with one attached hydrogen (secondary N) is 1. The predicted octanol–water partition coefficient (Wildman–Crippen LogP) is 2.25.